The van der Waals surface area contributed by atoms with Crippen molar-refractivity contribution in [3.63, 3.8) is 0 Å². The van der Waals surface area contributed by atoms with E-state index in [4.69, 9.17) is 0 Å². The van der Waals surface area contributed by atoms with Crippen LogP contribution in [-0.4, -0.2) is 13.3 Å². The van der Waals surface area contributed by atoms with Gasteiger partial charge in [-0.1, -0.05) is 0 Å². The number of hydrogen-bond donors (Lipinski definition) is 0. The summed E-state index contributed by atoms with van der Waals surface area (Å²) in [6.45, 7) is 4.10. The molecule has 13 heavy (non-hydrogen) atoms. The Bertz CT molecular complexity index is 274. The molecule has 1 rings (SSSR count). The van der Waals surface area contributed by atoms with Crippen LogP contribution in [0, 0.1) is 0 Å². The van der Waals surface area contributed by atoms with E-state index >= 15 is 0 Å². The van der Waals surface area contributed by atoms with Crippen LogP contribution in [0.3, 0.4) is 0 Å². The fourth-order valence-electron chi connectivity index (χ4n) is 0.993. The average Bonchev–Trinajstić information content (AvgIpc) is 2.03. The van der Waals surface area contributed by atoms with Gasteiger partial charge >= 0.3 is 6.18 Å². The highest BCUT2D eigenvalue weighted by atomic mass is 31.1. The highest BCUT2D eigenvalue weighted by Gasteiger charge is 2.30. The Kier molecular flexibility index (Phi) is 2.97. The molecule has 0 N–H and O–H groups in total. The van der Waals surface area contributed by atoms with Crippen molar-refractivity contribution in [3.05, 3.63) is 29.8 Å². The van der Waals surface area contributed by atoms with Gasteiger partial charge < -0.3 is 0 Å². The maximum absolute atomic E-state index is 12.1. The molecule has 0 heterocycles. The van der Waals surface area contributed by atoms with E-state index in [-0.39, 0.29) is 0 Å². The molecule has 0 aliphatic carbocycles. The van der Waals surface area contributed by atoms with E-state index in [1.54, 1.807) is 12.1 Å². The quantitative estimate of drug-likeness (QED) is 0.621. The van der Waals surface area contributed by atoms with E-state index in [0.29, 0.717) is 0 Å². The van der Waals surface area contributed by atoms with Gasteiger partial charge in [-0.15, -0.1) is 0 Å². The number of halogens is 3. The molecule has 0 bridgehead atoms. The third kappa shape index (κ3) is 2.70. The van der Waals surface area contributed by atoms with E-state index in [2.05, 4.69) is 0 Å². The molecule has 0 spiro atoms. The van der Waals surface area contributed by atoms with Crippen LogP contribution in [0.15, 0.2) is 24.3 Å². The molecule has 0 fully saturated rings. The summed E-state index contributed by atoms with van der Waals surface area (Å²) in [7, 11) is -0.641. The molecule has 0 aliphatic heterocycles. The summed E-state index contributed by atoms with van der Waals surface area (Å²) in [4.78, 5) is 0. The van der Waals surface area contributed by atoms with Gasteiger partial charge in [-0.3, -0.25) is 0 Å². The van der Waals surface area contributed by atoms with Crippen LogP contribution in [0.1, 0.15) is 5.56 Å². The van der Waals surface area contributed by atoms with Crippen LogP contribution in [0.2, 0.25) is 0 Å². The second-order valence-corrected chi connectivity index (χ2v) is 5.65. The second-order valence-electron chi connectivity index (χ2n) is 3.08. The first-order chi connectivity index (χ1) is 5.91. The van der Waals surface area contributed by atoms with Crippen molar-refractivity contribution in [2.75, 3.05) is 13.3 Å². The monoisotopic (exact) mass is 207 g/mol. The van der Waals surface area contributed by atoms with Crippen molar-refractivity contribution in [1.82, 2.24) is 0 Å². The lowest BCUT2D eigenvalue weighted by Gasteiger charge is -2.06. The zero-order valence-electron chi connectivity index (χ0n) is 7.44. The lowest BCUT2D eigenvalue weighted by atomic mass is 10.2. The molecule has 4 heteroatoms. The van der Waals surface area contributed by atoms with E-state index in [1.807, 2.05) is 13.3 Å². The second kappa shape index (κ2) is 3.67. The Labute approximate surface area is 76.5 Å². The predicted molar refractivity (Wildman–Crippen MR) is 51.2 cm³/mol. The smallest absolute Gasteiger partial charge is 0.166 e. The molecular weight excluding hydrogens is 196 g/mol. The van der Waals surface area contributed by atoms with Crippen molar-refractivity contribution >= 4 is 13.2 Å². The summed E-state index contributed by atoms with van der Waals surface area (Å²) in [5, 5.41) is 1.03. The van der Waals surface area contributed by atoms with Gasteiger partial charge in [0.05, 0.1) is 24.2 Å². The number of benzene rings is 1. The van der Waals surface area contributed by atoms with Crippen molar-refractivity contribution in [1.29, 1.82) is 0 Å². The Morgan fingerprint density at radius 3 is 1.77 bits per heavy atom. The minimum atomic E-state index is -4.22. The fourth-order valence-corrected chi connectivity index (χ4v) is 1.83. The largest absolute Gasteiger partial charge is 0.416 e. The number of rotatable bonds is 1. The maximum Gasteiger partial charge on any atom is 0.416 e. The van der Waals surface area contributed by atoms with Crippen LogP contribution in [0.5, 0.6) is 0 Å². The van der Waals surface area contributed by atoms with E-state index in [0.717, 1.165) is 17.4 Å². The number of alkyl halides is 3. The van der Waals surface area contributed by atoms with Crippen LogP contribution >= 0.6 is 7.92 Å². The topological polar surface area (TPSA) is 0 Å². The molecule has 0 saturated heterocycles. The van der Waals surface area contributed by atoms with Crippen molar-refractivity contribution in [2.24, 2.45) is 0 Å². The van der Waals surface area contributed by atoms with Gasteiger partial charge in [-0.2, -0.15) is 13.2 Å². The third-order valence-electron chi connectivity index (χ3n) is 1.79. The molecule has 0 saturated carbocycles. The maximum atomic E-state index is 12.1. The Morgan fingerprint density at radius 2 is 1.46 bits per heavy atom. The molecule has 72 valence electrons. The third-order valence-corrected chi connectivity index (χ3v) is 3.28. The highest BCUT2D eigenvalue weighted by molar-refractivity contribution is 7.64. The van der Waals surface area contributed by atoms with Crippen LogP contribution in [0.4, 0.5) is 13.2 Å². The molecule has 1 aromatic carbocycles. The molecule has 0 nitrogen and oxygen atoms in total. The standard InChI is InChI=1S/C9H10F3P/c1-13(2)8-5-3-7(4-6-8)9(10,11)12/h3-6H,1-2H3/p+1. The number of hydrogen-bond acceptors (Lipinski definition) is 0. The van der Waals surface area contributed by atoms with Gasteiger partial charge in [0.2, 0.25) is 0 Å². The van der Waals surface area contributed by atoms with Crippen molar-refractivity contribution in [3.8, 4) is 0 Å². The molecular formula is C9H11F3P+. The van der Waals surface area contributed by atoms with Gasteiger partial charge in [0.1, 0.15) is 0 Å². The van der Waals surface area contributed by atoms with Crippen LogP contribution in [0.25, 0.3) is 0 Å². The molecule has 0 aliphatic rings. The van der Waals surface area contributed by atoms with Gasteiger partial charge in [0.25, 0.3) is 0 Å². The molecule has 1 aromatic rings. The fraction of sp³-hybridized carbons (Fsp3) is 0.333. The summed E-state index contributed by atoms with van der Waals surface area (Å²) in [6.07, 6.45) is -4.22. The van der Waals surface area contributed by atoms with E-state index in [9.17, 15) is 13.2 Å². The summed E-state index contributed by atoms with van der Waals surface area (Å²) in [5.74, 6) is 0. The Morgan fingerprint density at radius 1 is 1.00 bits per heavy atom. The molecule has 0 radical (unpaired) electrons. The van der Waals surface area contributed by atoms with Crippen molar-refractivity contribution < 1.29 is 13.2 Å². The molecule has 0 amide bonds. The van der Waals surface area contributed by atoms with E-state index in [1.165, 1.54) is 0 Å². The molecule has 0 atom stereocenters. The lowest BCUT2D eigenvalue weighted by molar-refractivity contribution is -0.137. The molecule has 0 aromatic heterocycles. The molecule has 0 unspecified atom stereocenters. The Hall–Kier alpha value is -0.560. The normalized spacial score (nSPS) is 12.2. The summed E-state index contributed by atoms with van der Waals surface area (Å²) in [5.41, 5.74) is -0.570. The zero-order chi connectivity index (χ0) is 10.1. The first-order valence-electron chi connectivity index (χ1n) is 3.89. The van der Waals surface area contributed by atoms with Gasteiger partial charge in [0, 0.05) is 7.92 Å². The van der Waals surface area contributed by atoms with Crippen LogP contribution in [-0.2, 0) is 6.18 Å². The predicted octanol–water partition coefficient (Wildman–Crippen LogP) is 2.80. The summed E-state index contributed by atoms with van der Waals surface area (Å²) < 4.78 is 36.4. The zero-order valence-corrected chi connectivity index (χ0v) is 8.44. The minimum absolute atomic E-state index is 0.570. The minimum Gasteiger partial charge on any atom is -0.166 e. The Balaban J connectivity index is 2.94. The highest BCUT2D eigenvalue weighted by Crippen LogP contribution is 2.30. The van der Waals surface area contributed by atoms with Gasteiger partial charge in [-0.25, -0.2) is 0 Å². The SMILES string of the molecule is C[PH+](C)c1ccc(C(F)(F)F)cc1. The first kappa shape index (κ1) is 10.5. The van der Waals surface area contributed by atoms with Gasteiger partial charge in [-0.05, 0) is 24.3 Å². The van der Waals surface area contributed by atoms with Gasteiger partial charge in [0.15, 0.2) is 0 Å². The summed E-state index contributed by atoms with van der Waals surface area (Å²) in [6, 6.07) is 5.42. The average molecular weight is 207 g/mol. The van der Waals surface area contributed by atoms with Crippen LogP contribution < -0.4 is 5.30 Å². The lowest BCUT2D eigenvalue weighted by Crippen LogP contribution is -2.07. The summed E-state index contributed by atoms with van der Waals surface area (Å²) >= 11 is 0. The van der Waals surface area contributed by atoms with E-state index < -0.39 is 19.7 Å². The first-order valence-corrected chi connectivity index (χ1v) is 6.39. The van der Waals surface area contributed by atoms with Crippen molar-refractivity contribution in [2.45, 2.75) is 6.18 Å².